The third-order valence-corrected chi connectivity index (χ3v) is 5.57. The minimum absolute atomic E-state index is 0. The maximum absolute atomic E-state index is 4.32. The predicted molar refractivity (Wildman–Crippen MR) is 112 cm³/mol. The highest BCUT2D eigenvalue weighted by atomic mass is 127. The number of aliphatic imine (C=N–C) groups is 1. The van der Waals surface area contributed by atoms with Crippen LogP contribution in [0.2, 0.25) is 0 Å². The van der Waals surface area contributed by atoms with E-state index < -0.39 is 0 Å². The third-order valence-electron chi connectivity index (χ3n) is 4.54. The largest absolute Gasteiger partial charge is 0.356 e. The molecule has 6 heteroatoms. The lowest BCUT2D eigenvalue weighted by Gasteiger charge is -2.27. The zero-order valence-corrected chi connectivity index (χ0v) is 17.7. The molecule has 2 rings (SSSR count). The number of hydrogen-bond acceptors (Lipinski definition) is 3. The smallest absolute Gasteiger partial charge is 0.191 e. The SMILES string of the molecule is CCC(CC)CNC(=NC)NCCN1CCc2sccc2C1.I. The molecule has 0 amide bonds. The highest BCUT2D eigenvalue weighted by molar-refractivity contribution is 14.0. The van der Waals surface area contributed by atoms with Gasteiger partial charge in [0, 0.05) is 44.6 Å². The molecule has 1 aliphatic rings. The van der Waals surface area contributed by atoms with Gasteiger partial charge < -0.3 is 10.6 Å². The maximum atomic E-state index is 4.32. The van der Waals surface area contributed by atoms with E-state index >= 15 is 0 Å². The molecule has 0 spiro atoms. The normalized spacial score (nSPS) is 15.2. The fourth-order valence-electron chi connectivity index (χ4n) is 2.87. The van der Waals surface area contributed by atoms with Crippen molar-refractivity contribution in [2.24, 2.45) is 10.9 Å². The molecule has 1 aromatic heterocycles. The number of halogens is 1. The van der Waals surface area contributed by atoms with Crippen LogP contribution in [0.1, 0.15) is 37.1 Å². The van der Waals surface area contributed by atoms with Gasteiger partial charge >= 0.3 is 0 Å². The van der Waals surface area contributed by atoms with Gasteiger partial charge in [-0.1, -0.05) is 26.7 Å². The molecule has 0 atom stereocenters. The van der Waals surface area contributed by atoms with E-state index in [4.69, 9.17) is 0 Å². The Labute approximate surface area is 162 Å². The molecule has 0 saturated carbocycles. The van der Waals surface area contributed by atoms with E-state index in [1.165, 1.54) is 31.4 Å². The fourth-order valence-corrected chi connectivity index (χ4v) is 3.76. The molecule has 0 radical (unpaired) electrons. The van der Waals surface area contributed by atoms with Gasteiger partial charge in [0.1, 0.15) is 0 Å². The number of hydrogen-bond donors (Lipinski definition) is 2. The van der Waals surface area contributed by atoms with Gasteiger partial charge in [-0.05, 0) is 29.3 Å². The first-order valence-corrected chi connectivity index (χ1v) is 9.36. The molecule has 1 aliphatic heterocycles. The Morgan fingerprint density at radius 1 is 1.35 bits per heavy atom. The second kappa shape index (κ2) is 11.3. The van der Waals surface area contributed by atoms with Gasteiger partial charge in [0.05, 0.1) is 0 Å². The average Bonchev–Trinajstić information content (AvgIpc) is 3.01. The fraction of sp³-hybridized carbons (Fsp3) is 0.706. The summed E-state index contributed by atoms with van der Waals surface area (Å²) in [7, 11) is 1.85. The molecule has 0 saturated heterocycles. The first-order chi connectivity index (χ1) is 10.8. The lowest BCUT2D eigenvalue weighted by molar-refractivity contribution is 0.260. The Morgan fingerprint density at radius 3 is 2.83 bits per heavy atom. The lowest BCUT2D eigenvalue weighted by Crippen LogP contribution is -2.43. The van der Waals surface area contributed by atoms with Crippen molar-refractivity contribution in [3.05, 3.63) is 21.9 Å². The van der Waals surface area contributed by atoms with Crippen LogP contribution in [0.25, 0.3) is 0 Å². The van der Waals surface area contributed by atoms with Crippen molar-refractivity contribution in [3.63, 3.8) is 0 Å². The Morgan fingerprint density at radius 2 is 2.13 bits per heavy atom. The van der Waals surface area contributed by atoms with Gasteiger partial charge in [-0.25, -0.2) is 0 Å². The van der Waals surface area contributed by atoms with Crippen LogP contribution in [-0.2, 0) is 13.0 Å². The molecule has 4 nitrogen and oxygen atoms in total. The minimum Gasteiger partial charge on any atom is -0.356 e. The van der Waals surface area contributed by atoms with Crippen LogP contribution in [0.5, 0.6) is 0 Å². The zero-order valence-electron chi connectivity index (χ0n) is 14.6. The van der Waals surface area contributed by atoms with E-state index in [2.05, 4.69) is 45.8 Å². The molecule has 0 aromatic carbocycles. The summed E-state index contributed by atoms with van der Waals surface area (Å²) < 4.78 is 0. The van der Waals surface area contributed by atoms with Crippen LogP contribution in [0.15, 0.2) is 16.4 Å². The van der Waals surface area contributed by atoms with Crippen molar-refractivity contribution in [2.75, 3.05) is 33.2 Å². The van der Waals surface area contributed by atoms with Gasteiger partial charge in [0.15, 0.2) is 5.96 Å². The van der Waals surface area contributed by atoms with Crippen molar-refractivity contribution < 1.29 is 0 Å². The van der Waals surface area contributed by atoms with E-state index in [-0.39, 0.29) is 24.0 Å². The maximum Gasteiger partial charge on any atom is 0.191 e. The van der Waals surface area contributed by atoms with Crippen molar-refractivity contribution >= 4 is 41.3 Å². The standard InChI is InChI=1S/C17H30N4S.HI/c1-4-14(5-2)12-20-17(18-3)19-8-10-21-9-6-16-15(13-21)7-11-22-16;/h7,11,14H,4-6,8-10,12-13H2,1-3H3,(H2,18,19,20);1H. The van der Waals surface area contributed by atoms with Crippen LogP contribution in [0, 0.1) is 5.92 Å². The average molecular weight is 450 g/mol. The topological polar surface area (TPSA) is 39.7 Å². The molecule has 0 fully saturated rings. The molecule has 0 aliphatic carbocycles. The van der Waals surface area contributed by atoms with Gasteiger partial charge in [-0.2, -0.15) is 0 Å². The molecule has 1 aromatic rings. The zero-order chi connectivity index (χ0) is 15.8. The van der Waals surface area contributed by atoms with Crippen LogP contribution < -0.4 is 10.6 Å². The molecular formula is C17H31IN4S. The number of fused-ring (bicyclic) bond motifs is 1. The monoisotopic (exact) mass is 450 g/mol. The molecule has 132 valence electrons. The second-order valence-corrected chi connectivity index (χ2v) is 6.96. The summed E-state index contributed by atoms with van der Waals surface area (Å²) in [6.45, 7) is 9.80. The Hall–Kier alpha value is -0.340. The van der Waals surface area contributed by atoms with Gasteiger partial charge in [-0.15, -0.1) is 35.3 Å². The molecule has 2 N–H and O–H groups in total. The summed E-state index contributed by atoms with van der Waals surface area (Å²) in [4.78, 5) is 8.42. The summed E-state index contributed by atoms with van der Waals surface area (Å²) in [5, 5.41) is 9.10. The quantitative estimate of drug-likeness (QED) is 0.381. The van der Waals surface area contributed by atoms with Gasteiger partial charge in [-0.3, -0.25) is 9.89 Å². The summed E-state index contributed by atoms with van der Waals surface area (Å²) in [6.07, 6.45) is 3.64. The van der Waals surface area contributed by atoms with Crippen molar-refractivity contribution in [2.45, 2.75) is 39.7 Å². The molecule has 0 unspecified atom stereocenters. The summed E-state index contributed by atoms with van der Waals surface area (Å²) >= 11 is 1.90. The molecular weight excluding hydrogens is 419 g/mol. The van der Waals surface area contributed by atoms with Crippen LogP contribution >= 0.6 is 35.3 Å². The van der Waals surface area contributed by atoms with E-state index in [1.807, 2.05) is 18.4 Å². The van der Waals surface area contributed by atoms with Crippen molar-refractivity contribution in [1.29, 1.82) is 0 Å². The van der Waals surface area contributed by atoms with Gasteiger partial charge in [0.25, 0.3) is 0 Å². The van der Waals surface area contributed by atoms with Gasteiger partial charge in [0.2, 0.25) is 0 Å². The molecule has 0 bridgehead atoms. The number of nitrogens with zero attached hydrogens (tertiary/aromatic N) is 2. The Kier molecular flexibility index (Phi) is 10.1. The first-order valence-electron chi connectivity index (χ1n) is 8.48. The van der Waals surface area contributed by atoms with E-state index in [0.29, 0.717) is 0 Å². The number of guanidine groups is 1. The van der Waals surface area contributed by atoms with Crippen molar-refractivity contribution in [1.82, 2.24) is 15.5 Å². The highest BCUT2D eigenvalue weighted by Crippen LogP contribution is 2.23. The number of thiophene rings is 1. The van der Waals surface area contributed by atoms with Crippen LogP contribution in [-0.4, -0.2) is 44.1 Å². The van der Waals surface area contributed by atoms with E-state index in [9.17, 15) is 0 Å². The van der Waals surface area contributed by atoms with Crippen molar-refractivity contribution in [3.8, 4) is 0 Å². The summed E-state index contributed by atoms with van der Waals surface area (Å²) in [5.41, 5.74) is 1.52. The molecule has 2 heterocycles. The molecule has 23 heavy (non-hydrogen) atoms. The minimum atomic E-state index is 0. The third kappa shape index (κ3) is 6.58. The highest BCUT2D eigenvalue weighted by Gasteiger charge is 2.16. The first kappa shape index (κ1) is 20.7. The second-order valence-electron chi connectivity index (χ2n) is 5.96. The summed E-state index contributed by atoms with van der Waals surface area (Å²) in [6, 6.07) is 2.27. The predicted octanol–water partition coefficient (Wildman–Crippen LogP) is 3.33. The Bertz CT molecular complexity index is 471. The lowest BCUT2D eigenvalue weighted by atomic mass is 10.0. The van der Waals surface area contributed by atoms with Crippen LogP contribution in [0.4, 0.5) is 0 Å². The number of rotatable bonds is 7. The van der Waals surface area contributed by atoms with E-state index in [1.54, 1.807) is 4.88 Å². The van der Waals surface area contributed by atoms with Crippen LogP contribution in [0.3, 0.4) is 0 Å². The summed E-state index contributed by atoms with van der Waals surface area (Å²) in [5.74, 6) is 1.66. The number of nitrogens with one attached hydrogen (secondary N) is 2. The Balaban J connectivity index is 0.00000264. The van der Waals surface area contributed by atoms with E-state index in [0.717, 1.165) is 38.1 Å².